The summed E-state index contributed by atoms with van der Waals surface area (Å²) in [6.07, 6.45) is 1.84. The van der Waals surface area contributed by atoms with E-state index in [0.29, 0.717) is 17.5 Å². The lowest BCUT2D eigenvalue weighted by molar-refractivity contribution is 0.195. The van der Waals surface area contributed by atoms with E-state index in [1.165, 1.54) is 12.8 Å². The third-order valence-electron chi connectivity index (χ3n) is 3.91. The predicted octanol–water partition coefficient (Wildman–Crippen LogP) is 3.07. The first-order chi connectivity index (χ1) is 8.49. The lowest BCUT2D eigenvalue weighted by Gasteiger charge is -2.38. The van der Waals surface area contributed by atoms with Crippen LogP contribution in [0.4, 0.5) is 5.69 Å². The van der Waals surface area contributed by atoms with Crippen LogP contribution in [0.1, 0.15) is 45.3 Å². The molecule has 0 saturated carbocycles. The van der Waals surface area contributed by atoms with E-state index in [4.69, 9.17) is 0 Å². The van der Waals surface area contributed by atoms with Gasteiger partial charge in [-0.1, -0.05) is 13.0 Å². The summed E-state index contributed by atoms with van der Waals surface area (Å²) in [5, 5.41) is 19.5. The quantitative estimate of drug-likeness (QED) is 0.846. The third kappa shape index (κ3) is 2.61. The summed E-state index contributed by atoms with van der Waals surface area (Å²) in [6, 6.07) is 6.10. The largest absolute Gasteiger partial charge is 0.507 e. The summed E-state index contributed by atoms with van der Waals surface area (Å²) in [5.41, 5.74) is 1.65. The Kier molecular flexibility index (Phi) is 3.81. The molecule has 1 fully saturated rings. The van der Waals surface area contributed by atoms with Gasteiger partial charge < -0.3 is 15.1 Å². The van der Waals surface area contributed by atoms with E-state index >= 15 is 0 Å². The van der Waals surface area contributed by atoms with Crippen LogP contribution in [0, 0.1) is 5.92 Å². The second kappa shape index (κ2) is 5.19. The van der Waals surface area contributed by atoms with Crippen LogP contribution in [0.15, 0.2) is 18.2 Å². The average Bonchev–Trinajstić information content (AvgIpc) is 2.31. The number of aliphatic hydroxyl groups excluding tert-OH is 1. The van der Waals surface area contributed by atoms with Crippen LogP contribution in [0.5, 0.6) is 5.75 Å². The molecule has 1 heterocycles. The maximum atomic E-state index is 9.96. The van der Waals surface area contributed by atoms with E-state index in [9.17, 15) is 10.2 Å². The normalized spacial score (nSPS) is 26.1. The zero-order valence-corrected chi connectivity index (χ0v) is 11.4. The van der Waals surface area contributed by atoms with E-state index in [1.54, 1.807) is 13.0 Å². The van der Waals surface area contributed by atoms with Crippen LogP contribution in [-0.2, 0) is 0 Å². The number of piperidine rings is 1. The maximum Gasteiger partial charge on any atom is 0.123 e. The average molecular weight is 249 g/mol. The first-order valence-corrected chi connectivity index (χ1v) is 6.76. The topological polar surface area (TPSA) is 43.7 Å². The van der Waals surface area contributed by atoms with Crippen LogP contribution in [0.2, 0.25) is 0 Å². The highest BCUT2D eigenvalue weighted by Gasteiger charge is 2.23. The number of hydrogen-bond acceptors (Lipinski definition) is 3. The second-order valence-electron chi connectivity index (χ2n) is 5.60. The minimum Gasteiger partial charge on any atom is -0.507 e. The first-order valence-electron chi connectivity index (χ1n) is 6.76. The molecule has 18 heavy (non-hydrogen) atoms. The fourth-order valence-corrected chi connectivity index (χ4v) is 2.71. The van der Waals surface area contributed by atoms with Gasteiger partial charge in [0.05, 0.1) is 6.10 Å². The molecule has 100 valence electrons. The van der Waals surface area contributed by atoms with Crippen molar-refractivity contribution in [1.82, 2.24) is 0 Å². The molecule has 1 aromatic rings. The van der Waals surface area contributed by atoms with Gasteiger partial charge in [-0.2, -0.15) is 0 Å². The van der Waals surface area contributed by atoms with Crippen molar-refractivity contribution in [3.8, 4) is 5.75 Å². The van der Waals surface area contributed by atoms with Crippen molar-refractivity contribution in [3.63, 3.8) is 0 Å². The van der Waals surface area contributed by atoms with Gasteiger partial charge in [-0.3, -0.25) is 0 Å². The molecular formula is C15H23NO2. The van der Waals surface area contributed by atoms with E-state index in [-0.39, 0.29) is 5.75 Å². The van der Waals surface area contributed by atoms with Crippen molar-refractivity contribution >= 4 is 5.69 Å². The van der Waals surface area contributed by atoms with Crippen LogP contribution in [0.3, 0.4) is 0 Å². The molecule has 2 rings (SSSR count). The standard InChI is InChI=1S/C15H23NO2/c1-10-4-5-11(2)16(9-10)13-6-7-14(12(3)17)15(18)8-13/h6-8,10-12,17-18H,4-5,9H2,1-3H3. The summed E-state index contributed by atoms with van der Waals surface area (Å²) >= 11 is 0. The highest BCUT2D eigenvalue weighted by Crippen LogP contribution is 2.33. The fourth-order valence-electron chi connectivity index (χ4n) is 2.71. The molecule has 1 aromatic carbocycles. The number of phenols is 1. The minimum absolute atomic E-state index is 0.188. The number of anilines is 1. The van der Waals surface area contributed by atoms with Gasteiger partial charge in [0.2, 0.25) is 0 Å². The van der Waals surface area contributed by atoms with Crippen molar-refractivity contribution in [2.45, 2.75) is 45.8 Å². The number of aromatic hydroxyl groups is 1. The Morgan fingerprint density at radius 1 is 1.28 bits per heavy atom. The van der Waals surface area contributed by atoms with E-state index in [2.05, 4.69) is 18.7 Å². The molecule has 3 heteroatoms. The number of nitrogens with zero attached hydrogens (tertiary/aromatic N) is 1. The number of rotatable bonds is 2. The molecule has 2 N–H and O–H groups in total. The minimum atomic E-state index is -0.628. The molecule has 1 saturated heterocycles. The fraction of sp³-hybridized carbons (Fsp3) is 0.600. The van der Waals surface area contributed by atoms with Crippen molar-refractivity contribution < 1.29 is 10.2 Å². The molecule has 3 unspecified atom stereocenters. The van der Waals surface area contributed by atoms with Crippen LogP contribution in [-0.4, -0.2) is 22.8 Å². The highest BCUT2D eigenvalue weighted by molar-refractivity contribution is 5.54. The summed E-state index contributed by atoms with van der Waals surface area (Å²) in [5.74, 6) is 0.882. The lowest BCUT2D eigenvalue weighted by Crippen LogP contribution is -2.41. The summed E-state index contributed by atoms with van der Waals surface area (Å²) in [4.78, 5) is 2.35. The molecule has 0 aromatic heterocycles. The number of aliphatic hydroxyl groups is 1. The van der Waals surface area contributed by atoms with Crippen molar-refractivity contribution in [2.24, 2.45) is 5.92 Å². The van der Waals surface area contributed by atoms with E-state index in [1.807, 2.05) is 12.1 Å². The van der Waals surface area contributed by atoms with Gasteiger partial charge in [-0.05, 0) is 38.7 Å². The molecule has 0 radical (unpaired) electrons. The Hall–Kier alpha value is -1.22. The Morgan fingerprint density at radius 3 is 2.61 bits per heavy atom. The van der Waals surface area contributed by atoms with Gasteiger partial charge >= 0.3 is 0 Å². The Balaban J connectivity index is 2.25. The predicted molar refractivity (Wildman–Crippen MR) is 73.9 cm³/mol. The molecule has 0 spiro atoms. The zero-order chi connectivity index (χ0) is 13.3. The van der Waals surface area contributed by atoms with Crippen molar-refractivity contribution in [2.75, 3.05) is 11.4 Å². The summed E-state index contributed by atoms with van der Waals surface area (Å²) in [7, 11) is 0. The van der Waals surface area contributed by atoms with Gasteiger partial charge in [0.25, 0.3) is 0 Å². The summed E-state index contributed by atoms with van der Waals surface area (Å²) < 4.78 is 0. The molecule has 0 aliphatic carbocycles. The summed E-state index contributed by atoms with van der Waals surface area (Å²) in [6.45, 7) is 7.20. The SMILES string of the molecule is CC1CCC(C)N(c2ccc(C(C)O)c(O)c2)C1. The van der Waals surface area contributed by atoms with Gasteiger partial charge in [0, 0.05) is 29.9 Å². The third-order valence-corrected chi connectivity index (χ3v) is 3.91. The molecule has 1 aliphatic heterocycles. The molecular weight excluding hydrogens is 226 g/mol. The smallest absolute Gasteiger partial charge is 0.123 e. The Bertz CT molecular complexity index is 417. The number of phenolic OH excluding ortho intramolecular Hbond substituents is 1. The first kappa shape index (κ1) is 13.2. The van der Waals surface area contributed by atoms with E-state index in [0.717, 1.165) is 12.2 Å². The zero-order valence-electron chi connectivity index (χ0n) is 11.4. The molecule has 3 nitrogen and oxygen atoms in total. The van der Waals surface area contributed by atoms with Crippen LogP contribution < -0.4 is 4.90 Å². The van der Waals surface area contributed by atoms with E-state index < -0.39 is 6.10 Å². The Labute approximate surface area is 109 Å². The highest BCUT2D eigenvalue weighted by atomic mass is 16.3. The van der Waals surface area contributed by atoms with Crippen LogP contribution in [0.25, 0.3) is 0 Å². The van der Waals surface area contributed by atoms with Crippen molar-refractivity contribution in [1.29, 1.82) is 0 Å². The Morgan fingerprint density at radius 2 is 2.00 bits per heavy atom. The molecule has 1 aliphatic rings. The van der Waals surface area contributed by atoms with Crippen molar-refractivity contribution in [3.05, 3.63) is 23.8 Å². The maximum absolute atomic E-state index is 9.96. The number of hydrogen-bond donors (Lipinski definition) is 2. The van der Waals surface area contributed by atoms with Gasteiger partial charge in [0.1, 0.15) is 5.75 Å². The monoisotopic (exact) mass is 249 g/mol. The molecule has 3 atom stereocenters. The number of benzene rings is 1. The van der Waals surface area contributed by atoms with Gasteiger partial charge in [0.15, 0.2) is 0 Å². The van der Waals surface area contributed by atoms with Crippen LogP contribution >= 0.6 is 0 Å². The van der Waals surface area contributed by atoms with Gasteiger partial charge in [-0.25, -0.2) is 0 Å². The van der Waals surface area contributed by atoms with Gasteiger partial charge in [-0.15, -0.1) is 0 Å². The molecule has 0 amide bonds. The lowest BCUT2D eigenvalue weighted by atomic mass is 9.94. The molecule has 0 bridgehead atoms. The second-order valence-corrected chi connectivity index (χ2v) is 5.60.